The van der Waals surface area contributed by atoms with Crippen LogP contribution in [0.1, 0.15) is 17.6 Å². The first-order chi connectivity index (χ1) is 7.27. The van der Waals surface area contributed by atoms with E-state index in [2.05, 4.69) is 4.98 Å². The van der Waals surface area contributed by atoms with Crippen molar-refractivity contribution in [1.29, 1.82) is 5.26 Å². The van der Waals surface area contributed by atoms with Crippen molar-refractivity contribution >= 4 is 32.6 Å². The molecule has 0 unspecified atom stereocenters. The third-order valence-corrected chi connectivity index (χ3v) is 3.28. The Kier molecular flexibility index (Phi) is 3.76. The molecule has 0 spiro atoms. The molecule has 1 aromatic heterocycles. The molecular formula is C7H4F2IN3O2S. The maximum absolute atomic E-state index is 12.5. The fourth-order valence-corrected chi connectivity index (χ4v) is 2.33. The Morgan fingerprint density at radius 2 is 2.12 bits per heavy atom. The maximum atomic E-state index is 12.5. The summed E-state index contributed by atoms with van der Waals surface area (Å²) in [5.74, 6) is 0. The lowest BCUT2D eigenvalue weighted by atomic mass is 10.2. The lowest BCUT2D eigenvalue weighted by molar-refractivity contribution is 0.147. The Hall–Kier alpha value is -0.860. The van der Waals surface area contributed by atoms with E-state index in [0.29, 0.717) is 0 Å². The molecule has 0 atom stereocenters. The molecular weight excluding hydrogens is 355 g/mol. The van der Waals surface area contributed by atoms with Gasteiger partial charge in [0.25, 0.3) is 16.4 Å². The van der Waals surface area contributed by atoms with E-state index in [-0.39, 0.29) is 9.26 Å². The van der Waals surface area contributed by atoms with Crippen LogP contribution in [0.2, 0.25) is 0 Å². The Labute approximate surface area is 103 Å². The monoisotopic (exact) mass is 359 g/mol. The number of halogens is 3. The fourth-order valence-electron chi connectivity index (χ4n) is 0.953. The second-order valence-electron chi connectivity index (χ2n) is 2.68. The van der Waals surface area contributed by atoms with Crippen LogP contribution in [-0.4, -0.2) is 13.4 Å². The zero-order valence-corrected chi connectivity index (χ0v) is 10.5. The Morgan fingerprint density at radius 3 is 2.50 bits per heavy atom. The Morgan fingerprint density at radius 1 is 1.56 bits per heavy atom. The van der Waals surface area contributed by atoms with Gasteiger partial charge in [-0.2, -0.15) is 5.26 Å². The van der Waals surface area contributed by atoms with Crippen molar-refractivity contribution in [2.24, 2.45) is 5.14 Å². The second-order valence-corrected chi connectivity index (χ2v) is 5.18. The minimum atomic E-state index is -4.33. The number of rotatable bonds is 2. The third kappa shape index (κ3) is 2.63. The predicted octanol–water partition coefficient (Wildman–Crippen LogP) is 1.14. The molecule has 0 amide bonds. The van der Waals surface area contributed by atoms with Gasteiger partial charge in [0.15, 0.2) is 5.03 Å². The van der Waals surface area contributed by atoms with Crippen molar-refractivity contribution in [2.75, 3.05) is 0 Å². The van der Waals surface area contributed by atoms with E-state index < -0.39 is 27.0 Å². The van der Waals surface area contributed by atoms with E-state index in [1.54, 1.807) is 28.7 Å². The summed E-state index contributed by atoms with van der Waals surface area (Å²) in [6.07, 6.45) is -3.06. The number of nitrogens with zero attached hydrogens (tertiary/aromatic N) is 2. The van der Waals surface area contributed by atoms with Crippen LogP contribution in [0.3, 0.4) is 0 Å². The van der Waals surface area contributed by atoms with Crippen molar-refractivity contribution in [2.45, 2.75) is 11.5 Å². The fraction of sp³-hybridized carbons (Fsp3) is 0.143. The number of hydrogen-bond donors (Lipinski definition) is 1. The number of pyridine rings is 1. The van der Waals surface area contributed by atoms with Crippen LogP contribution in [0.25, 0.3) is 0 Å². The predicted molar refractivity (Wildman–Crippen MR) is 58.0 cm³/mol. The molecule has 0 aromatic carbocycles. The molecule has 2 N–H and O–H groups in total. The zero-order valence-electron chi connectivity index (χ0n) is 7.49. The van der Waals surface area contributed by atoms with Crippen molar-refractivity contribution < 1.29 is 17.2 Å². The van der Waals surface area contributed by atoms with Crippen LogP contribution >= 0.6 is 22.6 Å². The van der Waals surface area contributed by atoms with Gasteiger partial charge in [0, 0.05) is 0 Å². The Bertz CT molecular complexity index is 568. The van der Waals surface area contributed by atoms with Crippen molar-refractivity contribution in [3.8, 4) is 6.07 Å². The third-order valence-electron chi connectivity index (χ3n) is 1.59. The highest BCUT2D eigenvalue weighted by atomic mass is 127. The molecule has 0 saturated carbocycles. The second kappa shape index (κ2) is 4.56. The number of sulfonamides is 1. The molecule has 0 bridgehead atoms. The van der Waals surface area contributed by atoms with Crippen molar-refractivity contribution in [1.82, 2.24) is 4.98 Å². The summed E-state index contributed by atoms with van der Waals surface area (Å²) in [6, 6.07) is 2.41. The molecule has 9 heteroatoms. The largest absolute Gasteiger partial charge is 0.266 e. The number of hydrogen-bond acceptors (Lipinski definition) is 4. The molecule has 5 nitrogen and oxygen atoms in total. The molecule has 0 saturated heterocycles. The topological polar surface area (TPSA) is 96.8 Å². The van der Waals surface area contributed by atoms with Crippen LogP contribution in [0.5, 0.6) is 0 Å². The molecule has 1 heterocycles. The summed E-state index contributed by atoms with van der Waals surface area (Å²) in [6.45, 7) is 0. The smallest absolute Gasteiger partial charge is 0.227 e. The molecule has 1 rings (SSSR count). The average molecular weight is 359 g/mol. The number of aromatic nitrogens is 1. The number of primary sulfonamides is 1. The normalized spacial score (nSPS) is 11.5. The van der Waals surface area contributed by atoms with Gasteiger partial charge in [-0.25, -0.2) is 27.3 Å². The highest BCUT2D eigenvalue weighted by molar-refractivity contribution is 14.1. The molecule has 0 aliphatic rings. The summed E-state index contributed by atoms with van der Waals surface area (Å²) in [5, 5.41) is 12.4. The van der Waals surface area contributed by atoms with E-state index in [9.17, 15) is 17.2 Å². The lowest BCUT2D eigenvalue weighted by Gasteiger charge is -2.07. The van der Waals surface area contributed by atoms with E-state index >= 15 is 0 Å². The number of nitriles is 1. The highest BCUT2D eigenvalue weighted by Crippen LogP contribution is 2.26. The highest BCUT2D eigenvalue weighted by Gasteiger charge is 2.24. The van der Waals surface area contributed by atoms with Gasteiger partial charge in [-0.1, -0.05) is 0 Å². The summed E-state index contributed by atoms with van der Waals surface area (Å²) in [7, 11) is -4.33. The maximum Gasteiger partial charge on any atom is 0.266 e. The van der Waals surface area contributed by atoms with E-state index in [4.69, 9.17) is 10.4 Å². The summed E-state index contributed by atoms with van der Waals surface area (Å²) >= 11 is 1.57. The average Bonchev–Trinajstić information content (AvgIpc) is 2.15. The first-order valence-electron chi connectivity index (χ1n) is 3.69. The van der Waals surface area contributed by atoms with Crippen molar-refractivity contribution in [3.05, 3.63) is 20.9 Å². The van der Waals surface area contributed by atoms with Gasteiger partial charge < -0.3 is 0 Å². The molecule has 16 heavy (non-hydrogen) atoms. The summed E-state index contributed by atoms with van der Waals surface area (Å²) in [5.41, 5.74) is -0.984. The summed E-state index contributed by atoms with van der Waals surface area (Å²) < 4.78 is 47.1. The minimum absolute atomic E-state index is 0.00789. The van der Waals surface area contributed by atoms with Crippen molar-refractivity contribution in [3.63, 3.8) is 0 Å². The van der Waals surface area contributed by atoms with Gasteiger partial charge in [-0.05, 0) is 28.7 Å². The van der Waals surface area contributed by atoms with E-state index in [1.165, 1.54) is 0 Å². The first-order valence-corrected chi connectivity index (χ1v) is 6.31. The van der Waals surface area contributed by atoms with E-state index in [1.807, 2.05) is 0 Å². The van der Waals surface area contributed by atoms with Crippen LogP contribution in [0, 0.1) is 15.0 Å². The van der Waals surface area contributed by atoms with Crippen LogP contribution in [0.15, 0.2) is 11.1 Å². The van der Waals surface area contributed by atoms with Crippen LogP contribution < -0.4 is 5.14 Å². The zero-order chi connectivity index (χ0) is 12.5. The van der Waals surface area contributed by atoms with Gasteiger partial charge in [-0.3, -0.25) is 0 Å². The minimum Gasteiger partial charge on any atom is -0.227 e. The summed E-state index contributed by atoms with van der Waals surface area (Å²) in [4.78, 5) is 3.41. The van der Waals surface area contributed by atoms with Crippen LogP contribution in [0.4, 0.5) is 8.78 Å². The molecule has 0 fully saturated rings. The molecule has 0 radical (unpaired) electrons. The number of nitrogens with two attached hydrogens (primary N) is 1. The van der Waals surface area contributed by atoms with E-state index in [0.717, 1.165) is 6.07 Å². The lowest BCUT2D eigenvalue weighted by Crippen LogP contribution is -2.18. The van der Waals surface area contributed by atoms with Gasteiger partial charge in [0.2, 0.25) is 0 Å². The van der Waals surface area contributed by atoms with Gasteiger partial charge in [-0.15, -0.1) is 0 Å². The van der Waals surface area contributed by atoms with Crippen LogP contribution in [-0.2, 0) is 10.0 Å². The Balaban J connectivity index is 3.63. The number of alkyl halides is 2. The van der Waals surface area contributed by atoms with Gasteiger partial charge >= 0.3 is 0 Å². The van der Waals surface area contributed by atoms with Gasteiger partial charge in [0.05, 0.1) is 11.1 Å². The SMILES string of the molecule is N#Cc1cc(C(F)F)c(S(N)(=O)=O)nc1I. The first kappa shape index (κ1) is 13.2. The molecule has 1 aromatic rings. The standard InChI is InChI=1S/C7H4F2IN3O2S/c8-5(9)4-1-3(2-11)6(10)13-7(4)16(12,14)15/h1,5H,(H2,12,14,15). The quantitative estimate of drug-likeness (QED) is 0.633. The van der Waals surface area contributed by atoms with Gasteiger partial charge in [0.1, 0.15) is 9.77 Å². The molecule has 86 valence electrons. The molecule has 0 aliphatic heterocycles. The molecule has 0 aliphatic carbocycles.